The van der Waals surface area contributed by atoms with Crippen molar-refractivity contribution in [3.8, 4) is 27.3 Å². The third-order valence-corrected chi connectivity index (χ3v) is 9.76. The van der Waals surface area contributed by atoms with E-state index >= 15 is 0 Å². The molecule has 0 atom stereocenters. The lowest BCUT2D eigenvalue weighted by Crippen LogP contribution is -2.61. The van der Waals surface area contributed by atoms with Crippen molar-refractivity contribution in [2.75, 3.05) is 26.3 Å². The molecular weight excluding hydrogens is 641 g/mol. The second-order valence-corrected chi connectivity index (χ2v) is 12.9. The van der Waals surface area contributed by atoms with Crippen molar-refractivity contribution in [3.05, 3.63) is 98.3 Å². The number of nitrogens with one attached hydrogen (secondary N) is 1. The van der Waals surface area contributed by atoms with Crippen LogP contribution in [0.1, 0.15) is 34.5 Å². The maximum atomic E-state index is 14.2. The van der Waals surface area contributed by atoms with Gasteiger partial charge in [0.2, 0.25) is 5.91 Å². The number of carbonyl (C=O) groups excluding carboxylic acids is 2. The lowest BCUT2D eigenvalue weighted by Gasteiger charge is -2.40. The quantitative estimate of drug-likeness (QED) is 0.148. The van der Waals surface area contributed by atoms with Gasteiger partial charge in [-0.1, -0.05) is 83.3 Å². The molecule has 230 valence electrons. The summed E-state index contributed by atoms with van der Waals surface area (Å²) >= 11 is 20.4. The Bertz CT molecular complexity index is 1620. The number of likely N-dealkylation sites (tertiary alicyclic amines) is 1. The van der Waals surface area contributed by atoms with E-state index in [0.717, 1.165) is 16.0 Å². The molecule has 1 saturated heterocycles. The Morgan fingerprint density at radius 1 is 0.977 bits per heavy atom. The molecule has 0 bridgehead atoms. The number of thiophene rings is 1. The highest BCUT2D eigenvalue weighted by molar-refractivity contribution is 7.18. The highest BCUT2D eigenvalue weighted by Gasteiger charge is 2.41. The van der Waals surface area contributed by atoms with E-state index in [1.165, 1.54) is 11.3 Å². The van der Waals surface area contributed by atoms with Gasteiger partial charge in [0.1, 0.15) is 10.4 Å². The minimum atomic E-state index is -0.932. The molecule has 0 radical (unpaired) electrons. The number of nitrogens with two attached hydrogens (primary N) is 1. The summed E-state index contributed by atoms with van der Waals surface area (Å²) in [4.78, 5) is 29.8. The Hall–Kier alpha value is -3.11. The van der Waals surface area contributed by atoms with Crippen LogP contribution in [0.2, 0.25) is 15.1 Å². The van der Waals surface area contributed by atoms with E-state index in [1.807, 2.05) is 48.5 Å². The summed E-state index contributed by atoms with van der Waals surface area (Å²) in [6, 6.07) is 22.3. The predicted octanol–water partition coefficient (Wildman–Crippen LogP) is 7.05. The summed E-state index contributed by atoms with van der Waals surface area (Å²) in [6.45, 7) is 1.28. The maximum Gasteiger partial charge on any atom is 0.267 e. The minimum absolute atomic E-state index is 0.0587. The molecule has 2 amide bonds. The van der Waals surface area contributed by atoms with Crippen molar-refractivity contribution < 1.29 is 19.4 Å². The van der Waals surface area contributed by atoms with Crippen LogP contribution in [0.3, 0.4) is 0 Å². The summed E-state index contributed by atoms with van der Waals surface area (Å²) in [6.07, 6.45) is 1.12. The zero-order valence-corrected chi connectivity index (χ0v) is 26.9. The molecule has 0 aliphatic carbocycles. The van der Waals surface area contributed by atoms with E-state index in [-0.39, 0.29) is 19.1 Å². The standard InChI is InChI=1S/C33H32Cl3N3O4S/c34-23-9-7-22(8-10-23)27-28(43-18-4-17-40)30(44-29(27)25-12-11-24(35)19-26(25)36)31(41)39-15-13-33(14-16-39,32(37)42)38-20-21-5-2-1-3-6-21/h1-3,5-12,19,38,40H,4,13-18,20H2,(H2,37,42). The Morgan fingerprint density at radius 3 is 2.30 bits per heavy atom. The largest absolute Gasteiger partial charge is 0.491 e. The Balaban J connectivity index is 1.50. The molecule has 3 aromatic carbocycles. The van der Waals surface area contributed by atoms with Crippen LogP contribution in [0, 0.1) is 0 Å². The summed E-state index contributed by atoms with van der Waals surface area (Å²) in [5.74, 6) is -0.248. The number of hydrogen-bond acceptors (Lipinski definition) is 6. The van der Waals surface area contributed by atoms with Crippen molar-refractivity contribution in [2.45, 2.75) is 31.3 Å². The zero-order chi connectivity index (χ0) is 31.3. The van der Waals surface area contributed by atoms with Gasteiger partial charge in [0.05, 0.1) is 11.6 Å². The molecule has 1 aromatic heterocycles. The number of ether oxygens (including phenoxy) is 1. The van der Waals surface area contributed by atoms with Crippen molar-refractivity contribution >= 4 is 58.0 Å². The SMILES string of the molecule is NC(=O)C1(NCc2ccccc2)CCN(C(=O)c2sc(-c3ccc(Cl)cc3Cl)c(-c3ccc(Cl)cc3)c2OCCCO)CC1. The molecule has 1 aliphatic rings. The average molecular weight is 673 g/mol. The first-order valence-corrected chi connectivity index (χ1v) is 16.2. The predicted molar refractivity (Wildman–Crippen MR) is 178 cm³/mol. The number of nitrogens with zero attached hydrogens (tertiary/aromatic N) is 1. The molecule has 7 nitrogen and oxygen atoms in total. The molecular formula is C33H32Cl3N3O4S. The van der Waals surface area contributed by atoms with Crippen LogP contribution in [0.15, 0.2) is 72.8 Å². The molecule has 4 aromatic rings. The van der Waals surface area contributed by atoms with Gasteiger partial charge >= 0.3 is 0 Å². The van der Waals surface area contributed by atoms with Gasteiger partial charge in [-0.2, -0.15) is 0 Å². The van der Waals surface area contributed by atoms with Gasteiger partial charge in [-0.05, 0) is 48.2 Å². The van der Waals surface area contributed by atoms with Crippen LogP contribution in [0.25, 0.3) is 21.6 Å². The van der Waals surface area contributed by atoms with Crippen molar-refractivity contribution in [1.29, 1.82) is 0 Å². The second kappa shape index (κ2) is 14.3. The van der Waals surface area contributed by atoms with Crippen LogP contribution < -0.4 is 15.8 Å². The molecule has 2 heterocycles. The van der Waals surface area contributed by atoms with Gasteiger partial charge in [-0.15, -0.1) is 11.3 Å². The molecule has 4 N–H and O–H groups in total. The number of amides is 2. The summed E-state index contributed by atoms with van der Waals surface area (Å²) < 4.78 is 6.25. The van der Waals surface area contributed by atoms with E-state index in [0.29, 0.717) is 75.7 Å². The summed E-state index contributed by atoms with van der Waals surface area (Å²) in [5, 5.41) is 14.3. The van der Waals surface area contributed by atoms with E-state index < -0.39 is 11.4 Å². The summed E-state index contributed by atoms with van der Waals surface area (Å²) in [5.41, 5.74) is 8.21. The third kappa shape index (κ3) is 7.07. The highest BCUT2D eigenvalue weighted by Crippen LogP contribution is 2.50. The fourth-order valence-corrected chi connectivity index (χ4v) is 7.25. The number of carbonyl (C=O) groups is 2. The number of aliphatic hydroxyl groups is 1. The molecule has 0 unspecified atom stereocenters. The van der Waals surface area contributed by atoms with E-state index in [4.69, 9.17) is 45.3 Å². The number of rotatable bonds is 11. The number of hydrogen-bond donors (Lipinski definition) is 3. The zero-order valence-electron chi connectivity index (χ0n) is 23.8. The van der Waals surface area contributed by atoms with E-state index in [2.05, 4.69) is 5.32 Å². The molecule has 1 aliphatic heterocycles. The van der Waals surface area contributed by atoms with Gasteiger partial charge in [-0.25, -0.2) is 0 Å². The molecule has 1 fully saturated rings. The van der Waals surface area contributed by atoms with Crippen LogP contribution in [0.5, 0.6) is 5.75 Å². The van der Waals surface area contributed by atoms with Crippen LogP contribution in [-0.4, -0.2) is 53.7 Å². The van der Waals surface area contributed by atoms with E-state index in [9.17, 15) is 14.7 Å². The monoisotopic (exact) mass is 671 g/mol. The van der Waals surface area contributed by atoms with Crippen molar-refractivity contribution in [1.82, 2.24) is 10.2 Å². The Labute approximate surface area is 275 Å². The first kappa shape index (κ1) is 32.3. The van der Waals surface area contributed by atoms with Crippen molar-refractivity contribution in [3.63, 3.8) is 0 Å². The number of primary amides is 1. The van der Waals surface area contributed by atoms with Gasteiger partial charge < -0.3 is 20.5 Å². The minimum Gasteiger partial charge on any atom is -0.491 e. The topological polar surface area (TPSA) is 105 Å². The third-order valence-electron chi connectivity index (χ3n) is 7.77. The highest BCUT2D eigenvalue weighted by atomic mass is 35.5. The fourth-order valence-electron chi connectivity index (χ4n) is 5.29. The number of aliphatic hydroxyl groups excluding tert-OH is 1. The maximum absolute atomic E-state index is 14.2. The van der Waals surface area contributed by atoms with Crippen molar-refractivity contribution in [2.24, 2.45) is 5.73 Å². The van der Waals surface area contributed by atoms with Gasteiger partial charge in [0, 0.05) is 58.7 Å². The molecule has 44 heavy (non-hydrogen) atoms. The lowest BCUT2D eigenvalue weighted by atomic mass is 9.86. The van der Waals surface area contributed by atoms with Crippen LogP contribution in [-0.2, 0) is 11.3 Å². The second-order valence-electron chi connectivity index (χ2n) is 10.6. The Morgan fingerprint density at radius 2 is 1.66 bits per heavy atom. The molecule has 0 saturated carbocycles. The molecule has 5 rings (SSSR count). The van der Waals surface area contributed by atoms with Crippen LogP contribution in [0.4, 0.5) is 0 Å². The number of halogens is 3. The van der Waals surface area contributed by atoms with Gasteiger partial charge in [0.25, 0.3) is 5.91 Å². The van der Waals surface area contributed by atoms with Gasteiger partial charge in [0.15, 0.2) is 5.75 Å². The van der Waals surface area contributed by atoms with Crippen LogP contribution >= 0.6 is 46.1 Å². The lowest BCUT2D eigenvalue weighted by molar-refractivity contribution is -0.126. The number of piperidine rings is 1. The fraction of sp³-hybridized carbons (Fsp3) is 0.273. The normalized spacial score (nSPS) is 14.4. The number of benzene rings is 3. The molecule has 11 heteroatoms. The summed E-state index contributed by atoms with van der Waals surface area (Å²) in [7, 11) is 0. The Kier molecular flexibility index (Phi) is 10.5. The first-order valence-electron chi connectivity index (χ1n) is 14.2. The molecule has 0 spiro atoms. The average Bonchev–Trinajstić information content (AvgIpc) is 3.39. The van der Waals surface area contributed by atoms with Gasteiger partial charge in [-0.3, -0.25) is 14.9 Å². The first-order chi connectivity index (χ1) is 21.2. The van der Waals surface area contributed by atoms with E-state index in [1.54, 1.807) is 29.2 Å². The smallest absolute Gasteiger partial charge is 0.267 e.